The van der Waals surface area contributed by atoms with Crippen molar-refractivity contribution in [2.24, 2.45) is 17.8 Å². The molecule has 1 aliphatic rings. The summed E-state index contributed by atoms with van der Waals surface area (Å²) in [5.41, 5.74) is 0. The van der Waals surface area contributed by atoms with Crippen molar-refractivity contribution in [3.05, 3.63) is 0 Å². The van der Waals surface area contributed by atoms with Gasteiger partial charge in [-0.25, -0.2) is 0 Å². The quantitative estimate of drug-likeness (QED) is 0.270. The van der Waals surface area contributed by atoms with Gasteiger partial charge < -0.3 is 9.47 Å². The Morgan fingerprint density at radius 3 is 1.89 bits per heavy atom. The number of esters is 2. The highest BCUT2D eigenvalue weighted by Crippen LogP contribution is 2.30. The molecule has 0 N–H and O–H groups in total. The van der Waals surface area contributed by atoms with Gasteiger partial charge in [-0.15, -0.1) is 0 Å². The highest BCUT2D eigenvalue weighted by molar-refractivity contribution is 5.76. The number of carbonyl (C=O) groups is 2. The molecule has 0 aromatic rings. The lowest BCUT2D eigenvalue weighted by Gasteiger charge is -2.26. The van der Waals surface area contributed by atoms with E-state index in [2.05, 4.69) is 13.8 Å². The molecule has 0 aromatic heterocycles. The topological polar surface area (TPSA) is 52.6 Å². The Kier molecular flexibility index (Phi) is 13.3. The minimum atomic E-state index is -0.154. The molecule has 158 valence electrons. The van der Waals surface area contributed by atoms with Crippen LogP contribution in [-0.4, -0.2) is 25.2 Å². The van der Waals surface area contributed by atoms with Crippen LogP contribution in [0.3, 0.4) is 0 Å². The Morgan fingerprint density at radius 2 is 1.33 bits per heavy atom. The first-order valence-electron chi connectivity index (χ1n) is 11.4. The number of ether oxygens (including phenoxy) is 2. The molecule has 0 spiro atoms. The Hall–Kier alpha value is -1.06. The van der Waals surface area contributed by atoms with Gasteiger partial charge in [0.15, 0.2) is 0 Å². The predicted octanol–water partition coefficient (Wildman–Crippen LogP) is 6.07. The molecule has 0 saturated heterocycles. The third-order valence-electron chi connectivity index (χ3n) is 5.55. The number of hydrogen-bond donors (Lipinski definition) is 0. The fraction of sp³-hybridized carbons (Fsp3) is 0.913. The van der Waals surface area contributed by atoms with Gasteiger partial charge in [0.2, 0.25) is 0 Å². The van der Waals surface area contributed by atoms with Crippen LogP contribution < -0.4 is 0 Å². The van der Waals surface area contributed by atoms with E-state index in [0.29, 0.717) is 19.6 Å². The van der Waals surface area contributed by atoms with Crippen LogP contribution in [0.5, 0.6) is 0 Å². The molecule has 27 heavy (non-hydrogen) atoms. The Bertz CT molecular complexity index is 405. The molecule has 2 atom stereocenters. The lowest BCUT2D eigenvalue weighted by Crippen LogP contribution is -2.29. The van der Waals surface area contributed by atoms with Crippen LogP contribution in [0.15, 0.2) is 0 Å². The van der Waals surface area contributed by atoms with Gasteiger partial charge in [0, 0.05) is 0 Å². The van der Waals surface area contributed by atoms with E-state index in [9.17, 15) is 9.59 Å². The fourth-order valence-corrected chi connectivity index (χ4v) is 3.88. The summed E-state index contributed by atoms with van der Waals surface area (Å²) in [7, 11) is 0. The second-order valence-corrected chi connectivity index (χ2v) is 8.49. The van der Waals surface area contributed by atoms with Crippen LogP contribution in [0.1, 0.15) is 104 Å². The largest absolute Gasteiger partial charge is 0.466 e. The van der Waals surface area contributed by atoms with Crippen LogP contribution in [0, 0.1) is 17.8 Å². The minimum absolute atomic E-state index is 0.117. The van der Waals surface area contributed by atoms with E-state index < -0.39 is 0 Å². The number of rotatable bonds is 14. The second kappa shape index (κ2) is 14.9. The predicted molar refractivity (Wildman–Crippen MR) is 109 cm³/mol. The number of unbranched alkanes of at least 4 members (excludes halogenated alkanes) is 7. The number of carbonyl (C=O) groups excluding carboxylic acids is 2. The maximum Gasteiger partial charge on any atom is 0.308 e. The first-order valence-corrected chi connectivity index (χ1v) is 11.4. The second-order valence-electron chi connectivity index (χ2n) is 8.49. The molecule has 4 heteroatoms. The molecule has 0 amide bonds. The smallest absolute Gasteiger partial charge is 0.308 e. The van der Waals surface area contributed by atoms with E-state index in [4.69, 9.17) is 9.47 Å². The van der Waals surface area contributed by atoms with Crippen molar-refractivity contribution in [3.63, 3.8) is 0 Å². The third kappa shape index (κ3) is 11.4. The van der Waals surface area contributed by atoms with Crippen LogP contribution in [-0.2, 0) is 19.1 Å². The molecular weight excluding hydrogens is 340 g/mol. The Balaban J connectivity index is 2.00. The fourth-order valence-electron chi connectivity index (χ4n) is 3.88. The van der Waals surface area contributed by atoms with Gasteiger partial charge in [0.25, 0.3) is 0 Å². The first-order chi connectivity index (χ1) is 13.0. The molecule has 0 bridgehead atoms. The highest BCUT2D eigenvalue weighted by atomic mass is 16.5. The summed E-state index contributed by atoms with van der Waals surface area (Å²) in [5.74, 6) is 0.307. The summed E-state index contributed by atoms with van der Waals surface area (Å²) in [6.07, 6.45) is 14.5. The first kappa shape index (κ1) is 24.0. The third-order valence-corrected chi connectivity index (χ3v) is 5.55. The molecule has 0 aliphatic heterocycles. The molecular formula is C23H42O4. The molecule has 0 heterocycles. The number of hydrogen-bond acceptors (Lipinski definition) is 4. The van der Waals surface area contributed by atoms with Crippen molar-refractivity contribution in [1.29, 1.82) is 0 Å². The maximum atomic E-state index is 12.2. The summed E-state index contributed by atoms with van der Waals surface area (Å²) in [6, 6.07) is 0. The zero-order chi connectivity index (χ0) is 19.9. The van der Waals surface area contributed by atoms with Crippen molar-refractivity contribution in [2.45, 2.75) is 104 Å². The maximum absolute atomic E-state index is 12.2. The van der Waals surface area contributed by atoms with Crippen LogP contribution in [0.4, 0.5) is 0 Å². The van der Waals surface area contributed by atoms with Crippen LogP contribution in [0.2, 0.25) is 0 Å². The van der Waals surface area contributed by atoms with Crippen molar-refractivity contribution in [3.8, 4) is 0 Å². The lowest BCUT2D eigenvalue weighted by atomic mass is 9.81. The van der Waals surface area contributed by atoms with E-state index >= 15 is 0 Å². The molecule has 1 aliphatic carbocycles. The van der Waals surface area contributed by atoms with Crippen molar-refractivity contribution < 1.29 is 19.1 Å². The standard InChI is InChI=1S/C23H42O4/c1-4-26-22(24)20-15-13-16-21(18-20)23(25)27-17-12-10-8-6-5-7-9-11-14-19(2)3/h19-21H,4-18H2,1-3H3. The molecule has 4 nitrogen and oxygen atoms in total. The van der Waals surface area contributed by atoms with Gasteiger partial charge in [-0.1, -0.05) is 71.6 Å². The Morgan fingerprint density at radius 1 is 0.815 bits per heavy atom. The van der Waals surface area contributed by atoms with Gasteiger partial charge >= 0.3 is 11.9 Å². The van der Waals surface area contributed by atoms with E-state index in [1.807, 2.05) is 6.92 Å². The molecule has 1 saturated carbocycles. The summed E-state index contributed by atoms with van der Waals surface area (Å²) >= 11 is 0. The van der Waals surface area contributed by atoms with Crippen molar-refractivity contribution in [1.82, 2.24) is 0 Å². The molecule has 0 radical (unpaired) electrons. The van der Waals surface area contributed by atoms with Crippen molar-refractivity contribution in [2.75, 3.05) is 13.2 Å². The zero-order valence-corrected chi connectivity index (χ0v) is 18.0. The summed E-state index contributed by atoms with van der Waals surface area (Å²) < 4.78 is 10.6. The SMILES string of the molecule is CCOC(=O)C1CCCC(C(=O)OCCCCCCCCCCC(C)C)C1. The van der Waals surface area contributed by atoms with Gasteiger partial charge in [0.1, 0.15) is 0 Å². The Labute approximate surface area is 166 Å². The van der Waals surface area contributed by atoms with Gasteiger partial charge in [-0.05, 0) is 38.5 Å². The monoisotopic (exact) mass is 382 g/mol. The van der Waals surface area contributed by atoms with Crippen molar-refractivity contribution >= 4 is 11.9 Å². The molecule has 2 unspecified atom stereocenters. The molecule has 0 aromatic carbocycles. The molecule has 1 rings (SSSR count). The normalized spacial score (nSPS) is 19.9. The van der Waals surface area contributed by atoms with E-state index in [0.717, 1.165) is 38.0 Å². The lowest BCUT2D eigenvalue weighted by molar-refractivity contribution is -0.154. The van der Waals surface area contributed by atoms with E-state index in [1.165, 1.54) is 44.9 Å². The average molecular weight is 383 g/mol. The summed E-state index contributed by atoms with van der Waals surface area (Å²) in [5, 5.41) is 0. The van der Waals surface area contributed by atoms with Gasteiger partial charge in [0.05, 0.1) is 25.0 Å². The summed E-state index contributed by atoms with van der Waals surface area (Å²) in [6.45, 7) is 7.33. The highest BCUT2D eigenvalue weighted by Gasteiger charge is 2.32. The zero-order valence-electron chi connectivity index (χ0n) is 18.0. The molecule has 1 fully saturated rings. The van der Waals surface area contributed by atoms with Crippen LogP contribution in [0.25, 0.3) is 0 Å². The van der Waals surface area contributed by atoms with Crippen LogP contribution >= 0.6 is 0 Å². The minimum Gasteiger partial charge on any atom is -0.466 e. The summed E-state index contributed by atoms with van der Waals surface area (Å²) in [4.78, 5) is 24.1. The van der Waals surface area contributed by atoms with E-state index in [-0.39, 0.29) is 23.8 Å². The average Bonchev–Trinajstić information content (AvgIpc) is 2.66. The van der Waals surface area contributed by atoms with Gasteiger partial charge in [-0.3, -0.25) is 9.59 Å². The van der Waals surface area contributed by atoms with Gasteiger partial charge in [-0.2, -0.15) is 0 Å². The van der Waals surface area contributed by atoms with E-state index in [1.54, 1.807) is 0 Å².